The first-order valence-corrected chi connectivity index (χ1v) is 9.59. The van der Waals surface area contributed by atoms with Gasteiger partial charge in [-0.25, -0.2) is 8.42 Å². The molecule has 134 valence electrons. The molecule has 6 heteroatoms. The van der Waals surface area contributed by atoms with Gasteiger partial charge in [0.05, 0.1) is 10.6 Å². The van der Waals surface area contributed by atoms with Gasteiger partial charge in [0.15, 0.2) is 0 Å². The van der Waals surface area contributed by atoms with Crippen LogP contribution >= 0.6 is 0 Å². The minimum Gasteiger partial charge on any atom is -0.352 e. The normalized spacial score (nSPS) is 11.4. The molecule has 0 spiro atoms. The summed E-state index contributed by atoms with van der Waals surface area (Å²) in [6, 6.07) is 13.3. The molecule has 5 nitrogen and oxygen atoms in total. The van der Waals surface area contributed by atoms with Gasteiger partial charge in [0.1, 0.15) is 0 Å². The minimum atomic E-state index is -3.74. The minimum absolute atomic E-state index is 0.0905. The quantitative estimate of drug-likeness (QED) is 0.860. The number of benzene rings is 2. The number of nitrogens with zero attached hydrogens (tertiary/aromatic N) is 1. The number of carbonyl (C=O) groups excluding carboxylic acids is 1. The van der Waals surface area contributed by atoms with E-state index in [2.05, 4.69) is 5.32 Å². The number of anilines is 1. The lowest BCUT2D eigenvalue weighted by molar-refractivity contribution is 0.0949. The molecule has 2 rings (SSSR count). The van der Waals surface area contributed by atoms with Crippen molar-refractivity contribution >= 4 is 21.6 Å². The fraction of sp³-hybridized carbons (Fsp3) is 0.316. The molecule has 2 aromatic rings. The summed E-state index contributed by atoms with van der Waals surface area (Å²) in [4.78, 5) is 12.3. The molecule has 0 aliphatic heterocycles. The van der Waals surface area contributed by atoms with E-state index >= 15 is 0 Å². The first kappa shape index (κ1) is 19.0. The summed E-state index contributed by atoms with van der Waals surface area (Å²) >= 11 is 0. The average Bonchev–Trinajstić information content (AvgIpc) is 2.59. The Labute approximate surface area is 149 Å². The van der Waals surface area contributed by atoms with E-state index in [-0.39, 0.29) is 10.8 Å². The molecule has 25 heavy (non-hydrogen) atoms. The lowest BCUT2D eigenvalue weighted by atomic mass is 10.2. The standard InChI is InChI=1S/C19H24N2O3S/c1-14(2)13-20-19(22)16-6-5-7-18(12-16)25(23,24)21(4)17-10-8-15(3)9-11-17/h5-12,14H,13H2,1-4H3,(H,20,22). The number of sulfonamides is 1. The maximum atomic E-state index is 12.9. The number of rotatable bonds is 6. The molecule has 2 aromatic carbocycles. The summed E-state index contributed by atoms with van der Waals surface area (Å²) in [5, 5.41) is 2.80. The lowest BCUT2D eigenvalue weighted by Gasteiger charge is -2.20. The van der Waals surface area contributed by atoms with Crippen LogP contribution in [0.4, 0.5) is 5.69 Å². The SMILES string of the molecule is Cc1ccc(N(C)S(=O)(=O)c2cccc(C(=O)NCC(C)C)c2)cc1. The van der Waals surface area contributed by atoms with Gasteiger partial charge in [0.2, 0.25) is 0 Å². The maximum absolute atomic E-state index is 12.9. The van der Waals surface area contributed by atoms with Crippen LogP contribution in [0.1, 0.15) is 29.8 Å². The van der Waals surface area contributed by atoms with E-state index in [1.54, 1.807) is 24.3 Å². The number of aryl methyl sites for hydroxylation is 1. The Balaban J connectivity index is 2.29. The summed E-state index contributed by atoms with van der Waals surface area (Å²) in [5.74, 6) is 0.0484. The Morgan fingerprint density at radius 2 is 1.76 bits per heavy atom. The Kier molecular flexibility index (Phi) is 5.85. The van der Waals surface area contributed by atoms with Crippen molar-refractivity contribution in [3.63, 3.8) is 0 Å². The Hall–Kier alpha value is -2.34. The van der Waals surface area contributed by atoms with Crippen molar-refractivity contribution in [2.45, 2.75) is 25.7 Å². The average molecular weight is 360 g/mol. The second kappa shape index (κ2) is 7.70. The van der Waals surface area contributed by atoms with Crippen LogP contribution in [-0.2, 0) is 10.0 Å². The third kappa shape index (κ3) is 4.60. The van der Waals surface area contributed by atoms with Gasteiger partial charge in [-0.05, 0) is 43.2 Å². The van der Waals surface area contributed by atoms with Crippen molar-refractivity contribution in [3.8, 4) is 0 Å². The van der Waals surface area contributed by atoms with Gasteiger partial charge in [-0.3, -0.25) is 9.10 Å². The van der Waals surface area contributed by atoms with Crippen molar-refractivity contribution in [2.24, 2.45) is 5.92 Å². The molecule has 0 saturated carbocycles. The second-order valence-electron chi connectivity index (χ2n) is 6.44. The monoisotopic (exact) mass is 360 g/mol. The van der Waals surface area contributed by atoms with Gasteiger partial charge in [-0.2, -0.15) is 0 Å². The van der Waals surface area contributed by atoms with Crippen LogP contribution in [0.25, 0.3) is 0 Å². The summed E-state index contributed by atoms with van der Waals surface area (Å²) in [7, 11) is -2.23. The number of carbonyl (C=O) groups is 1. The van der Waals surface area contributed by atoms with Crippen molar-refractivity contribution in [1.82, 2.24) is 5.32 Å². The number of nitrogens with one attached hydrogen (secondary N) is 1. The van der Waals surface area contributed by atoms with Crippen LogP contribution in [0.3, 0.4) is 0 Å². The van der Waals surface area contributed by atoms with Gasteiger partial charge in [0.25, 0.3) is 15.9 Å². The molecule has 0 aliphatic carbocycles. The van der Waals surface area contributed by atoms with E-state index in [1.807, 2.05) is 32.9 Å². The third-order valence-electron chi connectivity index (χ3n) is 3.82. The van der Waals surface area contributed by atoms with E-state index in [0.29, 0.717) is 23.7 Å². The fourth-order valence-corrected chi connectivity index (χ4v) is 3.49. The molecule has 0 fully saturated rings. The number of hydrogen-bond donors (Lipinski definition) is 1. The lowest BCUT2D eigenvalue weighted by Crippen LogP contribution is -2.29. The van der Waals surface area contributed by atoms with Gasteiger partial charge in [0, 0.05) is 19.2 Å². The van der Waals surface area contributed by atoms with Crippen LogP contribution in [0, 0.1) is 12.8 Å². The molecule has 0 atom stereocenters. The van der Waals surface area contributed by atoms with Gasteiger partial charge >= 0.3 is 0 Å². The molecular formula is C19H24N2O3S. The Morgan fingerprint density at radius 1 is 1.12 bits per heavy atom. The van der Waals surface area contributed by atoms with Crippen LogP contribution in [0.15, 0.2) is 53.4 Å². The molecule has 1 N–H and O–H groups in total. The van der Waals surface area contributed by atoms with E-state index in [4.69, 9.17) is 0 Å². The van der Waals surface area contributed by atoms with Crippen molar-refractivity contribution in [3.05, 3.63) is 59.7 Å². The van der Waals surface area contributed by atoms with Gasteiger partial charge in [-0.1, -0.05) is 37.6 Å². The smallest absolute Gasteiger partial charge is 0.264 e. The summed E-state index contributed by atoms with van der Waals surface area (Å²) < 4.78 is 26.9. The molecule has 0 bridgehead atoms. The Bertz CT molecular complexity index is 843. The molecule has 0 aromatic heterocycles. The zero-order valence-corrected chi connectivity index (χ0v) is 15.8. The zero-order valence-electron chi connectivity index (χ0n) is 15.0. The number of hydrogen-bond acceptors (Lipinski definition) is 3. The van der Waals surface area contributed by atoms with Gasteiger partial charge in [-0.15, -0.1) is 0 Å². The predicted molar refractivity (Wildman–Crippen MR) is 100 cm³/mol. The first-order chi connectivity index (χ1) is 11.7. The van der Waals surface area contributed by atoms with Crippen LogP contribution in [-0.4, -0.2) is 27.9 Å². The van der Waals surface area contributed by atoms with Crippen molar-refractivity contribution in [1.29, 1.82) is 0 Å². The molecule has 0 aliphatic rings. The highest BCUT2D eigenvalue weighted by Crippen LogP contribution is 2.23. The van der Waals surface area contributed by atoms with E-state index in [1.165, 1.54) is 23.5 Å². The topological polar surface area (TPSA) is 66.5 Å². The summed E-state index contributed by atoms with van der Waals surface area (Å²) in [6.07, 6.45) is 0. The predicted octanol–water partition coefficient (Wildman–Crippen LogP) is 3.21. The number of amides is 1. The third-order valence-corrected chi connectivity index (χ3v) is 5.60. The zero-order chi connectivity index (χ0) is 18.6. The molecule has 0 radical (unpaired) electrons. The van der Waals surface area contributed by atoms with E-state index < -0.39 is 10.0 Å². The van der Waals surface area contributed by atoms with Gasteiger partial charge < -0.3 is 5.32 Å². The highest BCUT2D eigenvalue weighted by Gasteiger charge is 2.22. The first-order valence-electron chi connectivity index (χ1n) is 8.15. The molecule has 1 amide bonds. The second-order valence-corrected chi connectivity index (χ2v) is 8.41. The maximum Gasteiger partial charge on any atom is 0.264 e. The summed E-state index contributed by atoms with van der Waals surface area (Å²) in [6.45, 7) is 6.48. The highest BCUT2D eigenvalue weighted by atomic mass is 32.2. The summed E-state index contributed by atoms with van der Waals surface area (Å²) in [5.41, 5.74) is 1.96. The van der Waals surface area contributed by atoms with Crippen LogP contribution in [0.2, 0.25) is 0 Å². The molecule has 0 heterocycles. The van der Waals surface area contributed by atoms with Crippen molar-refractivity contribution in [2.75, 3.05) is 17.9 Å². The van der Waals surface area contributed by atoms with Crippen LogP contribution < -0.4 is 9.62 Å². The Morgan fingerprint density at radius 3 is 2.36 bits per heavy atom. The molecule has 0 saturated heterocycles. The van der Waals surface area contributed by atoms with E-state index in [0.717, 1.165) is 5.56 Å². The molecule has 0 unspecified atom stereocenters. The van der Waals surface area contributed by atoms with Crippen molar-refractivity contribution < 1.29 is 13.2 Å². The van der Waals surface area contributed by atoms with E-state index in [9.17, 15) is 13.2 Å². The molecular weight excluding hydrogens is 336 g/mol. The van der Waals surface area contributed by atoms with Crippen LogP contribution in [0.5, 0.6) is 0 Å². The highest BCUT2D eigenvalue weighted by molar-refractivity contribution is 7.92. The largest absolute Gasteiger partial charge is 0.352 e. The fourth-order valence-electron chi connectivity index (χ4n) is 2.25.